The van der Waals surface area contributed by atoms with Crippen molar-refractivity contribution in [3.05, 3.63) is 24.3 Å². The van der Waals surface area contributed by atoms with Crippen molar-refractivity contribution in [1.82, 2.24) is 4.90 Å². The largest absolute Gasteiger partial charge is 0.399 e. The van der Waals surface area contributed by atoms with Gasteiger partial charge in [-0.2, -0.15) is 0 Å². The number of nitrogen functional groups attached to an aromatic ring is 1. The Morgan fingerprint density at radius 2 is 2.24 bits per heavy atom. The molecular formula is C16H23N3O2. The number of nitrogens with zero attached hydrogens (tertiary/aromatic N) is 1. The predicted octanol–water partition coefficient (Wildman–Crippen LogP) is 2.10. The van der Waals surface area contributed by atoms with E-state index in [4.69, 9.17) is 5.73 Å². The van der Waals surface area contributed by atoms with Gasteiger partial charge in [0.2, 0.25) is 11.8 Å². The highest BCUT2D eigenvalue weighted by atomic mass is 16.2. The van der Waals surface area contributed by atoms with Gasteiger partial charge >= 0.3 is 0 Å². The van der Waals surface area contributed by atoms with Crippen LogP contribution in [-0.4, -0.2) is 29.8 Å². The van der Waals surface area contributed by atoms with Gasteiger partial charge in [-0.1, -0.05) is 19.9 Å². The molecule has 1 aromatic carbocycles. The summed E-state index contributed by atoms with van der Waals surface area (Å²) in [6.07, 6.45) is 0.917. The Labute approximate surface area is 125 Å². The molecule has 1 saturated heterocycles. The Morgan fingerprint density at radius 3 is 2.86 bits per heavy atom. The van der Waals surface area contributed by atoms with Gasteiger partial charge in [-0.25, -0.2) is 0 Å². The molecule has 3 N–H and O–H groups in total. The van der Waals surface area contributed by atoms with Crippen molar-refractivity contribution in [3.63, 3.8) is 0 Å². The van der Waals surface area contributed by atoms with E-state index < -0.39 is 0 Å². The maximum Gasteiger partial charge on any atom is 0.226 e. The van der Waals surface area contributed by atoms with Crippen molar-refractivity contribution >= 4 is 23.2 Å². The topological polar surface area (TPSA) is 75.4 Å². The lowest BCUT2D eigenvalue weighted by Crippen LogP contribution is -2.29. The van der Waals surface area contributed by atoms with Crippen molar-refractivity contribution in [2.45, 2.75) is 26.7 Å². The van der Waals surface area contributed by atoms with Gasteiger partial charge in [0.25, 0.3) is 0 Å². The second-order valence-corrected chi connectivity index (χ2v) is 5.97. The molecule has 1 heterocycles. The van der Waals surface area contributed by atoms with Crippen LogP contribution < -0.4 is 11.1 Å². The van der Waals surface area contributed by atoms with Gasteiger partial charge in [0, 0.05) is 37.3 Å². The zero-order chi connectivity index (χ0) is 15.4. The molecule has 0 aliphatic carbocycles. The van der Waals surface area contributed by atoms with Crippen molar-refractivity contribution in [2.75, 3.05) is 24.1 Å². The molecule has 21 heavy (non-hydrogen) atoms. The van der Waals surface area contributed by atoms with E-state index in [1.54, 1.807) is 29.2 Å². The number of likely N-dealkylation sites (tertiary alicyclic amines) is 1. The van der Waals surface area contributed by atoms with Gasteiger partial charge in [-0.15, -0.1) is 0 Å². The van der Waals surface area contributed by atoms with E-state index in [1.807, 2.05) is 0 Å². The minimum Gasteiger partial charge on any atom is -0.399 e. The fraction of sp³-hybridized carbons (Fsp3) is 0.500. The summed E-state index contributed by atoms with van der Waals surface area (Å²) in [5, 5.41) is 2.80. The monoisotopic (exact) mass is 289 g/mol. The molecule has 1 aromatic rings. The summed E-state index contributed by atoms with van der Waals surface area (Å²) in [5.41, 5.74) is 6.97. The van der Waals surface area contributed by atoms with E-state index in [-0.39, 0.29) is 11.8 Å². The van der Waals surface area contributed by atoms with Crippen molar-refractivity contribution in [1.29, 1.82) is 0 Å². The van der Waals surface area contributed by atoms with Gasteiger partial charge in [-0.05, 0) is 30.0 Å². The minimum absolute atomic E-state index is 0.0959. The van der Waals surface area contributed by atoms with E-state index in [9.17, 15) is 9.59 Å². The van der Waals surface area contributed by atoms with E-state index in [2.05, 4.69) is 19.2 Å². The zero-order valence-electron chi connectivity index (χ0n) is 12.6. The fourth-order valence-corrected chi connectivity index (χ4v) is 2.54. The summed E-state index contributed by atoms with van der Waals surface area (Å²) in [7, 11) is 0. The van der Waals surface area contributed by atoms with Crippen LogP contribution in [0.1, 0.15) is 26.7 Å². The smallest absolute Gasteiger partial charge is 0.226 e. The number of anilines is 2. The summed E-state index contributed by atoms with van der Waals surface area (Å²) >= 11 is 0. The molecule has 1 aliphatic heterocycles. The molecule has 2 rings (SSSR count). The second-order valence-electron chi connectivity index (χ2n) is 5.97. The summed E-state index contributed by atoms with van der Waals surface area (Å²) < 4.78 is 0. The first kappa shape index (κ1) is 15.4. The Balaban J connectivity index is 1.80. The van der Waals surface area contributed by atoms with Crippen LogP contribution in [0.15, 0.2) is 24.3 Å². The first-order valence-electron chi connectivity index (χ1n) is 7.39. The number of carbonyl (C=O) groups excluding carboxylic acids is 2. The molecule has 5 nitrogen and oxygen atoms in total. The van der Waals surface area contributed by atoms with Crippen LogP contribution in [0.25, 0.3) is 0 Å². The maximum atomic E-state index is 11.9. The highest BCUT2D eigenvalue weighted by Crippen LogP contribution is 2.24. The lowest BCUT2D eigenvalue weighted by Gasteiger charge is -2.17. The molecule has 1 unspecified atom stereocenters. The van der Waals surface area contributed by atoms with Gasteiger partial charge in [0.15, 0.2) is 0 Å². The third kappa shape index (κ3) is 4.21. The Hall–Kier alpha value is -2.04. The molecule has 0 bridgehead atoms. The van der Waals surface area contributed by atoms with Gasteiger partial charge < -0.3 is 16.0 Å². The van der Waals surface area contributed by atoms with Crippen molar-refractivity contribution in [3.8, 4) is 0 Å². The fourth-order valence-electron chi connectivity index (χ4n) is 2.54. The van der Waals surface area contributed by atoms with Crippen LogP contribution in [0.5, 0.6) is 0 Å². The first-order valence-corrected chi connectivity index (χ1v) is 7.39. The lowest BCUT2D eigenvalue weighted by atomic mass is 9.95. The van der Waals surface area contributed by atoms with Crippen molar-refractivity contribution < 1.29 is 9.59 Å². The Kier molecular flexibility index (Phi) is 4.83. The van der Waals surface area contributed by atoms with Crippen molar-refractivity contribution in [2.24, 2.45) is 11.8 Å². The number of carbonyl (C=O) groups is 2. The summed E-state index contributed by atoms with van der Waals surface area (Å²) in [4.78, 5) is 25.6. The summed E-state index contributed by atoms with van der Waals surface area (Å²) in [6, 6.07) is 7.07. The normalized spacial score (nSPS) is 18.3. The van der Waals surface area contributed by atoms with E-state index in [0.29, 0.717) is 42.6 Å². The number of nitrogens with two attached hydrogens (primary N) is 1. The Bertz CT molecular complexity index is 528. The van der Waals surface area contributed by atoms with Crippen LogP contribution in [0, 0.1) is 11.8 Å². The molecule has 0 spiro atoms. The van der Waals surface area contributed by atoms with E-state index in [1.165, 1.54) is 0 Å². The molecule has 1 atom stereocenters. The van der Waals surface area contributed by atoms with Crippen LogP contribution in [-0.2, 0) is 9.59 Å². The second kappa shape index (κ2) is 6.61. The average molecular weight is 289 g/mol. The Morgan fingerprint density at radius 1 is 1.48 bits per heavy atom. The number of rotatable bonds is 5. The molecular weight excluding hydrogens is 266 g/mol. The standard InChI is InChI=1S/C16H23N3O2/c1-11(2)12-8-16(21)19(10-12)7-6-15(20)18-14-5-3-4-13(17)9-14/h3-5,9,11-12H,6-8,10,17H2,1-2H3,(H,18,20). The predicted molar refractivity (Wildman–Crippen MR) is 83.6 cm³/mol. The molecule has 1 fully saturated rings. The van der Waals surface area contributed by atoms with E-state index in [0.717, 1.165) is 6.54 Å². The molecule has 114 valence electrons. The molecule has 0 aromatic heterocycles. The highest BCUT2D eigenvalue weighted by Gasteiger charge is 2.31. The zero-order valence-corrected chi connectivity index (χ0v) is 12.6. The number of hydrogen-bond acceptors (Lipinski definition) is 3. The molecule has 1 aliphatic rings. The number of nitrogens with one attached hydrogen (secondary N) is 1. The van der Waals surface area contributed by atoms with Crippen LogP contribution in [0.2, 0.25) is 0 Å². The lowest BCUT2D eigenvalue weighted by molar-refractivity contribution is -0.128. The molecule has 0 radical (unpaired) electrons. The van der Waals surface area contributed by atoms with Crippen LogP contribution in [0.4, 0.5) is 11.4 Å². The summed E-state index contributed by atoms with van der Waals surface area (Å²) in [6.45, 7) is 5.51. The van der Waals surface area contributed by atoms with Crippen LogP contribution >= 0.6 is 0 Å². The number of amides is 2. The third-order valence-corrected chi connectivity index (χ3v) is 3.97. The van der Waals surface area contributed by atoms with Gasteiger partial charge in [-0.3, -0.25) is 9.59 Å². The third-order valence-electron chi connectivity index (χ3n) is 3.97. The van der Waals surface area contributed by atoms with E-state index >= 15 is 0 Å². The van der Waals surface area contributed by atoms with Crippen LogP contribution in [0.3, 0.4) is 0 Å². The number of benzene rings is 1. The summed E-state index contributed by atoms with van der Waals surface area (Å²) in [5.74, 6) is 0.974. The molecule has 5 heteroatoms. The van der Waals surface area contributed by atoms with Gasteiger partial charge in [0.1, 0.15) is 0 Å². The minimum atomic E-state index is -0.0959. The first-order chi connectivity index (χ1) is 9.95. The molecule has 0 saturated carbocycles. The maximum absolute atomic E-state index is 11.9. The average Bonchev–Trinajstić information content (AvgIpc) is 2.78. The molecule has 2 amide bonds. The quantitative estimate of drug-likeness (QED) is 0.815. The SMILES string of the molecule is CC(C)C1CC(=O)N(CCC(=O)Nc2cccc(N)c2)C1. The number of hydrogen-bond donors (Lipinski definition) is 2. The highest BCUT2D eigenvalue weighted by molar-refractivity contribution is 5.91. The van der Waals surface area contributed by atoms with Gasteiger partial charge in [0.05, 0.1) is 0 Å².